The molecular formula is C21H23ClN2O4. The number of anilines is 1. The number of nitrogens with one attached hydrogen (secondary N) is 2. The van der Waals surface area contributed by atoms with Crippen LogP contribution >= 0.6 is 11.6 Å². The molecule has 6 nitrogen and oxygen atoms in total. The van der Waals surface area contributed by atoms with Gasteiger partial charge in [-0.3, -0.25) is 9.59 Å². The minimum atomic E-state index is -0.718. The molecule has 0 radical (unpaired) electrons. The van der Waals surface area contributed by atoms with Crippen molar-refractivity contribution in [2.75, 3.05) is 32.2 Å². The van der Waals surface area contributed by atoms with Gasteiger partial charge in [0.2, 0.25) is 0 Å². The highest BCUT2D eigenvalue weighted by Gasteiger charge is 2.37. The molecule has 2 aromatic rings. The van der Waals surface area contributed by atoms with E-state index in [1.165, 1.54) is 0 Å². The molecule has 0 aliphatic carbocycles. The average Bonchev–Trinajstić information content (AvgIpc) is 2.74. The highest BCUT2D eigenvalue weighted by molar-refractivity contribution is 6.39. The molecule has 1 aliphatic rings. The zero-order valence-corrected chi connectivity index (χ0v) is 16.4. The Morgan fingerprint density at radius 1 is 1.07 bits per heavy atom. The van der Waals surface area contributed by atoms with Crippen LogP contribution in [-0.2, 0) is 19.7 Å². The Kier molecular flexibility index (Phi) is 6.54. The molecule has 1 aliphatic heterocycles. The molecular weight excluding hydrogens is 380 g/mol. The minimum absolute atomic E-state index is 0.323. The maximum absolute atomic E-state index is 12.4. The second-order valence-corrected chi connectivity index (χ2v) is 7.17. The van der Waals surface area contributed by atoms with E-state index in [9.17, 15) is 9.59 Å². The van der Waals surface area contributed by atoms with Crippen LogP contribution in [0.3, 0.4) is 0 Å². The smallest absolute Gasteiger partial charge is 0.313 e. The number of benzene rings is 2. The van der Waals surface area contributed by atoms with Crippen molar-refractivity contribution in [1.29, 1.82) is 0 Å². The van der Waals surface area contributed by atoms with E-state index in [1.807, 2.05) is 24.3 Å². The van der Waals surface area contributed by atoms with Crippen molar-refractivity contribution in [2.24, 2.45) is 0 Å². The first-order valence-corrected chi connectivity index (χ1v) is 9.48. The number of amides is 2. The Morgan fingerprint density at radius 2 is 1.75 bits per heavy atom. The number of para-hydroxylation sites is 1. The van der Waals surface area contributed by atoms with E-state index in [-0.39, 0.29) is 5.41 Å². The summed E-state index contributed by atoms with van der Waals surface area (Å²) in [6, 6.07) is 14.3. The van der Waals surface area contributed by atoms with Crippen LogP contribution in [0.4, 0.5) is 5.69 Å². The number of carbonyl (C=O) groups is 2. The predicted octanol–water partition coefficient (Wildman–Crippen LogP) is 3.15. The fourth-order valence-electron chi connectivity index (χ4n) is 3.44. The summed E-state index contributed by atoms with van der Waals surface area (Å²) in [7, 11) is 1.63. The van der Waals surface area contributed by atoms with E-state index < -0.39 is 11.8 Å². The van der Waals surface area contributed by atoms with Crippen LogP contribution in [0.15, 0.2) is 48.5 Å². The first-order valence-electron chi connectivity index (χ1n) is 9.10. The molecule has 28 heavy (non-hydrogen) atoms. The van der Waals surface area contributed by atoms with Gasteiger partial charge in [0.25, 0.3) is 0 Å². The molecule has 0 unspecified atom stereocenters. The van der Waals surface area contributed by atoms with Gasteiger partial charge in [0.1, 0.15) is 5.75 Å². The van der Waals surface area contributed by atoms with Crippen LogP contribution in [-0.4, -0.2) is 38.7 Å². The van der Waals surface area contributed by atoms with E-state index in [1.54, 1.807) is 31.4 Å². The van der Waals surface area contributed by atoms with E-state index in [4.69, 9.17) is 21.1 Å². The molecule has 2 amide bonds. The molecule has 1 heterocycles. The molecule has 0 bridgehead atoms. The SMILES string of the molecule is COc1ccccc1C1(CNC(=O)C(=O)Nc2ccc(Cl)cc2)CCOCC1. The normalized spacial score (nSPS) is 15.5. The van der Waals surface area contributed by atoms with Gasteiger partial charge in [-0.05, 0) is 43.2 Å². The lowest BCUT2D eigenvalue weighted by Gasteiger charge is -2.38. The number of halogens is 1. The van der Waals surface area contributed by atoms with Crippen LogP contribution in [0, 0.1) is 0 Å². The fourth-order valence-corrected chi connectivity index (χ4v) is 3.56. The lowest BCUT2D eigenvalue weighted by molar-refractivity contribution is -0.136. The zero-order chi connectivity index (χ0) is 20.0. The number of carbonyl (C=O) groups excluding carboxylic acids is 2. The van der Waals surface area contributed by atoms with Crippen LogP contribution in [0.5, 0.6) is 5.75 Å². The molecule has 7 heteroatoms. The standard InChI is InChI=1S/C21H23ClN2O4/c1-27-18-5-3-2-4-17(18)21(10-12-28-13-11-21)14-23-19(25)20(26)24-16-8-6-15(22)7-9-16/h2-9H,10-14H2,1H3,(H,23,25)(H,24,26). The van der Waals surface area contributed by atoms with Crippen LogP contribution < -0.4 is 15.4 Å². The lowest BCUT2D eigenvalue weighted by Crippen LogP contribution is -2.47. The second-order valence-electron chi connectivity index (χ2n) is 6.74. The molecule has 148 valence electrons. The quantitative estimate of drug-likeness (QED) is 0.753. The Morgan fingerprint density at radius 3 is 2.43 bits per heavy atom. The van der Waals surface area contributed by atoms with Crippen LogP contribution in [0.25, 0.3) is 0 Å². The van der Waals surface area contributed by atoms with Gasteiger partial charge in [-0.15, -0.1) is 0 Å². The van der Waals surface area contributed by atoms with Gasteiger partial charge < -0.3 is 20.1 Å². The first kappa shape index (κ1) is 20.2. The van der Waals surface area contributed by atoms with Gasteiger partial charge in [0, 0.05) is 41.4 Å². The van der Waals surface area contributed by atoms with Gasteiger partial charge in [0.15, 0.2) is 0 Å². The molecule has 2 aromatic carbocycles. The van der Waals surface area contributed by atoms with Crippen molar-refractivity contribution < 1.29 is 19.1 Å². The van der Waals surface area contributed by atoms with Gasteiger partial charge in [-0.25, -0.2) is 0 Å². The molecule has 1 saturated heterocycles. The third kappa shape index (κ3) is 4.64. The summed E-state index contributed by atoms with van der Waals surface area (Å²) in [4.78, 5) is 24.6. The van der Waals surface area contributed by atoms with Crippen molar-refractivity contribution in [3.05, 3.63) is 59.1 Å². The maximum atomic E-state index is 12.4. The highest BCUT2D eigenvalue weighted by Crippen LogP contribution is 2.39. The maximum Gasteiger partial charge on any atom is 0.313 e. The second kappa shape index (κ2) is 9.08. The number of rotatable bonds is 5. The summed E-state index contributed by atoms with van der Waals surface area (Å²) < 4.78 is 11.0. The monoisotopic (exact) mass is 402 g/mol. The van der Waals surface area contributed by atoms with Gasteiger partial charge >= 0.3 is 11.8 Å². The van der Waals surface area contributed by atoms with E-state index in [0.29, 0.717) is 30.5 Å². The third-order valence-corrected chi connectivity index (χ3v) is 5.28. The van der Waals surface area contributed by atoms with Crippen molar-refractivity contribution in [3.8, 4) is 5.75 Å². The summed E-state index contributed by atoms with van der Waals surface area (Å²) in [5.74, 6) is -0.635. The molecule has 0 saturated carbocycles. The van der Waals surface area contributed by atoms with Gasteiger partial charge in [-0.1, -0.05) is 29.8 Å². The van der Waals surface area contributed by atoms with Crippen molar-refractivity contribution in [1.82, 2.24) is 5.32 Å². The Bertz CT molecular complexity index is 833. The van der Waals surface area contributed by atoms with E-state index in [0.717, 1.165) is 24.2 Å². The van der Waals surface area contributed by atoms with Gasteiger partial charge in [-0.2, -0.15) is 0 Å². The Hall–Kier alpha value is -2.57. The average molecular weight is 403 g/mol. The zero-order valence-electron chi connectivity index (χ0n) is 15.7. The Balaban J connectivity index is 1.70. The summed E-state index contributed by atoms with van der Waals surface area (Å²) >= 11 is 5.83. The van der Waals surface area contributed by atoms with E-state index >= 15 is 0 Å². The molecule has 2 N–H and O–H groups in total. The van der Waals surface area contributed by atoms with Crippen molar-refractivity contribution in [2.45, 2.75) is 18.3 Å². The summed E-state index contributed by atoms with van der Waals surface area (Å²) in [6.07, 6.45) is 1.46. The largest absolute Gasteiger partial charge is 0.496 e. The van der Waals surface area contributed by atoms with Crippen molar-refractivity contribution >= 4 is 29.1 Å². The summed E-state index contributed by atoms with van der Waals surface area (Å²) in [5, 5.41) is 5.91. The van der Waals surface area contributed by atoms with E-state index in [2.05, 4.69) is 10.6 Å². The topological polar surface area (TPSA) is 76.7 Å². The summed E-state index contributed by atoms with van der Waals surface area (Å²) in [6.45, 7) is 1.50. The van der Waals surface area contributed by atoms with Crippen LogP contribution in [0.2, 0.25) is 5.02 Å². The molecule has 3 rings (SSSR count). The fraction of sp³-hybridized carbons (Fsp3) is 0.333. The number of methoxy groups -OCH3 is 1. The predicted molar refractivity (Wildman–Crippen MR) is 108 cm³/mol. The third-order valence-electron chi connectivity index (χ3n) is 5.02. The number of hydrogen-bond acceptors (Lipinski definition) is 4. The van der Waals surface area contributed by atoms with Crippen LogP contribution in [0.1, 0.15) is 18.4 Å². The highest BCUT2D eigenvalue weighted by atomic mass is 35.5. The minimum Gasteiger partial charge on any atom is -0.496 e. The number of ether oxygens (including phenoxy) is 2. The first-order chi connectivity index (χ1) is 13.5. The summed E-state index contributed by atoms with van der Waals surface area (Å²) in [5.41, 5.74) is 1.18. The number of hydrogen-bond donors (Lipinski definition) is 2. The van der Waals surface area contributed by atoms with Crippen molar-refractivity contribution in [3.63, 3.8) is 0 Å². The van der Waals surface area contributed by atoms with Gasteiger partial charge in [0.05, 0.1) is 7.11 Å². The molecule has 0 aromatic heterocycles. The lowest BCUT2D eigenvalue weighted by atomic mass is 9.73. The molecule has 0 atom stereocenters. The Labute approximate surface area is 169 Å². The molecule has 1 fully saturated rings. The molecule has 0 spiro atoms.